The second-order valence-electron chi connectivity index (χ2n) is 6.85. The van der Waals surface area contributed by atoms with Crippen molar-refractivity contribution in [1.82, 2.24) is 0 Å². The highest BCUT2D eigenvalue weighted by atomic mass is 35.5. The van der Waals surface area contributed by atoms with Crippen molar-refractivity contribution in [3.05, 3.63) is 98.6 Å². The summed E-state index contributed by atoms with van der Waals surface area (Å²) >= 11 is 6.36. The zero-order valence-corrected chi connectivity index (χ0v) is 18.0. The standard InChI is InChI=1S/C23H19ClN2O6/c1-15-3-12-20(24)21(13-15)25(14-16-4-6-17(7-5-16)22(27)31-2)23(28)32-19-10-8-18(9-11-19)26(29)30/h3-13H,14H2,1-2H3. The largest absolute Gasteiger partial charge is 0.465 e. The molecular weight excluding hydrogens is 436 g/mol. The molecule has 0 spiro atoms. The van der Waals surface area contributed by atoms with Gasteiger partial charge in [0.15, 0.2) is 0 Å². The molecule has 8 nitrogen and oxygen atoms in total. The van der Waals surface area contributed by atoms with E-state index in [9.17, 15) is 19.7 Å². The van der Waals surface area contributed by atoms with Gasteiger partial charge >= 0.3 is 12.1 Å². The van der Waals surface area contributed by atoms with Gasteiger partial charge in [0, 0.05) is 12.1 Å². The highest BCUT2D eigenvalue weighted by Gasteiger charge is 2.22. The van der Waals surface area contributed by atoms with Crippen LogP contribution < -0.4 is 9.64 Å². The van der Waals surface area contributed by atoms with Crippen LogP contribution in [0.25, 0.3) is 0 Å². The summed E-state index contributed by atoms with van der Waals surface area (Å²) < 4.78 is 10.1. The van der Waals surface area contributed by atoms with Crippen molar-refractivity contribution in [2.45, 2.75) is 13.5 Å². The number of methoxy groups -OCH3 is 1. The molecule has 3 aromatic rings. The second kappa shape index (κ2) is 9.93. The molecule has 0 atom stereocenters. The first-order valence-corrected chi connectivity index (χ1v) is 9.83. The van der Waals surface area contributed by atoms with E-state index < -0.39 is 17.0 Å². The zero-order chi connectivity index (χ0) is 23.3. The molecule has 0 radical (unpaired) electrons. The lowest BCUT2D eigenvalue weighted by Gasteiger charge is -2.24. The van der Waals surface area contributed by atoms with Crippen LogP contribution in [0.5, 0.6) is 5.75 Å². The van der Waals surface area contributed by atoms with E-state index in [0.717, 1.165) is 11.1 Å². The van der Waals surface area contributed by atoms with E-state index in [0.29, 0.717) is 16.3 Å². The number of carbonyl (C=O) groups is 2. The quantitative estimate of drug-likeness (QED) is 0.275. The van der Waals surface area contributed by atoms with Gasteiger partial charge in [0.05, 0.1) is 34.9 Å². The average Bonchev–Trinajstić information content (AvgIpc) is 2.79. The van der Waals surface area contributed by atoms with Crippen molar-refractivity contribution in [1.29, 1.82) is 0 Å². The van der Waals surface area contributed by atoms with Crippen LogP contribution >= 0.6 is 11.6 Å². The van der Waals surface area contributed by atoms with Crippen LogP contribution in [0.2, 0.25) is 5.02 Å². The van der Waals surface area contributed by atoms with Crippen molar-refractivity contribution >= 4 is 35.0 Å². The Hall–Kier alpha value is -3.91. The molecule has 0 fully saturated rings. The zero-order valence-electron chi connectivity index (χ0n) is 17.3. The molecule has 3 aromatic carbocycles. The van der Waals surface area contributed by atoms with Gasteiger partial charge in [-0.3, -0.25) is 15.0 Å². The van der Waals surface area contributed by atoms with Crippen LogP contribution in [0.4, 0.5) is 16.2 Å². The van der Waals surface area contributed by atoms with Gasteiger partial charge in [-0.1, -0.05) is 29.8 Å². The van der Waals surface area contributed by atoms with Crippen molar-refractivity contribution < 1.29 is 24.0 Å². The van der Waals surface area contributed by atoms with E-state index in [1.807, 2.05) is 13.0 Å². The monoisotopic (exact) mass is 454 g/mol. The number of non-ortho nitro benzene ring substituents is 1. The number of nitro groups is 1. The smallest absolute Gasteiger partial charge is 0.420 e. The summed E-state index contributed by atoms with van der Waals surface area (Å²) in [4.78, 5) is 36.4. The van der Waals surface area contributed by atoms with E-state index in [4.69, 9.17) is 21.1 Å². The number of hydrogen-bond acceptors (Lipinski definition) is 6. The lowest BCUT2D eigenvalue weighted by molar-refractivity contribution is -0.384. The molecule has 0 saturated heterocycles. The van der Waals surface area contributed by atoms with Crippen LogP contribution in [0.3, 0.4) is 0 Å². The number of esters is 1. The number of anilines is 1. The molecule has 164 valence electrons. The number of amides is 1. The number of hydrogen-bond donors (Lipinski definition) is 0. The summed E-state index contributed by atoms with van der Waals surface area (Å²) in [5.74, 6) is -0.317. The maximum absolute atomic E-state index is 13.1. The Morgan fingerprint density at radius 3 is 2.28 bits per heavy atom. The van der Waals surface area contributed by atoms with Gasteiger partial charge in [-0.05, 0) is 54.4 Å². The minimum atomic E-state index is -0.719. The van der Waals surface area contributed by atoms with Crippen molar-refractivity contribution in [2.75, 3.05) is 12.0 Å². The lowest BCUT2D eigenvalue weighted by atomic mass is 10.1. The molecule has 1 amide bonds. The molecule has 0 aliphatic heterocycles. The summed E-state index contributed by atoms with van der Waals surface area (Å²) in [5, 5.41) is 11.2. The van der Waals surface area contributed by atoms with Gasteiger partial charge in [-0.2, -0.15) is 0 Å². The topological polar surface area (TPSA) is 99.0 Å². The highest BCUT2D eigenvalue weighted by Crippen LogP contribution is 2.30. The summed E-state index contributed by atoms with van der Waals surface area (Å²) in [7, 11) is 1.30. The minimum Gasteiger partial charge on any atom is -0.465 e. The number of halogens is 1. The highest BCUT2D eigenvalue weighted by molar-refractivity contribution is 6.33. The number of nitro benzene ring substituents is 1. The molecule has 0 aromatic heterocycles. The Morgan fingerprint density at radius 2 is 1.69 bits per heavy atom. The van der Waals surface area contributed by atoms with E-state index in [1.54, 1.807) is 36.4 Å². The van der Waals surface area contributed by atoms with Crippen molar-refractivity contribution in [2.24, 2.45) is 0 Å². The molecular formula is C23H19ClN2O6. The predicted molar refractivity (Wildman–Crippen MR) is 119 cm³/mol. The number of ether oxygens (including phenoxy) is 2. The second-order valence-corrected chi connectivity index (χ2v) is 7.26. The van der Waals surface area contributed by atoms with Crippen LogP contribution in [-0.4, -0.2) is 24.1 Å². The van der Waals surface area contributed by atoms with E-state index in [1.165, 1.54) is 36.3 Å². The Balaban J connectivity index is 1.89. The first-order chi connectivity index (χ1) is 15.3. The Kier molecular flexibility index (Phi) is 7.07. The first-order valence-electron chi connectivity index (χ1n) is 9.45. The van der Waals surface area contributed by atoms with Gasteiger partial charge < -0.3 is 9.47 Å². The Labute approximate surface area is 189 Å². The third-order valence-corrected chi connectivity index (χ3v) is 4.90. The molecule has 3 rings (SSSR count). The van der Waals surface area contributed by atoms with E-state index in [-0.39, 0.29) is 18.0 Å². The molecule has 32 heavy (non-hydrogen) atoms. The van der Waals surface area contributed by atoms with E-state index >= 15 is 0 Å². The molecule has 9 heteroatoms. The van der Waals surface area contributed by atoms with Crippen LogP contribution in [0, 0.1) is 17.0 Å². The van der Waals surface area contributed by atoms with Crippen LogP contribution in [0.1, 0.15) is 21.5 Å². The third-order valence-electron chi connectivity index (χ3n) is 4.58. The van der Waals surface area contributed by atoms with Crippen molar-refractivity contribution in [3.8, 4) is 5.75 Å². The molecule has 0 N–H and O–H groups in total. The van der Waals surface area contributed by atoms with Gasteiger partial charge in [-0.25, -0.2) is 9.59 Å². The first kappa shape index (κ1) is 22.8. The van der Waals surface area contributed by atoms with Crippen molar-refractivity contribution in [3.63, 3.8) is 0 Å². The molecule has 0 aliphatic carbocycles. The van der Waals surface area contributed by atoms with Crippen LogP contribution in [-0.2, 0) is 11.3 Å². The summed E-state index contributed by atoms with van der Waals surface area (Å²) in [5.41, 5.74) is 2.31. The molecule has 0 saturated carbocycles. The minimum absolute atomic E-state index is 0.108. The average molecular weight is 455 g/mol. The number of nitrogens with zero attached hydrogens (tertiary/aromatic N) is 2. The summed E-state index contributed by atoms with van der Waals surface area (Å²) in [6, 6.07) is 17.0. The van der Waals surface area contributed by atoms with Gasteiger partial charge in [0.25, 0.3) is 5.69 Å². The van der Waals surface area contributed by atoms with Gasteiger partial charge in [0.1, 0.15) is 5.75 Å². The third kappa shape index (κ3) is 5.41. The predicted octanol–water partition coefficient (Wildman–Crippen LogP) is 5.55. The maximum Gasteiger partial charge on any atom is 0.420 e. The molecule has 0 unspecified atom stereocenters. The number of benzene rings is 3. The van der Waals surface area contributed by atoms with Gasteiger partial charge in [0.2, 0.25) is 0 Å². The Bertz CT molecular complexity index is 1150. The van der Waals surface area contributed by atoms with Gasteiger partial charge in [-0.15, -0.1) is 0 Å². The fourth-order valence-corrected chi connectivity index (χ4v) is 3.14. The maximum atomic E-state index is 13.1. The number of carbonyl (C=O) groups excluding carboxylic acids is 2. The van der Waals surface area contributed by atoms with Crippen LogP contribution in [0.15, 0.2) is 66.7 Å². The lowest BCUT2D eigenvalue weighted by Crippen LogP contribution is -2.33. The number of rotatable bonds is 6. The molecule has 0 heterocycles. The molecule has 0 bridgehead atoms. The SMILES string of the molecule is COC(=O)c1ccc(CN(C(=O)Oc2ccc([N+](=O)[O-])cc2)c2cc(C)ccc2Cl)cc1. The van der Waals surface area contributed by atoms with E-state index in [2.05, 4.69) is 0 Å². The summed E-state index contributed by atoms with van der Waals surface area (Å²) in [6.45, 7) is 1.97. The fourth-order valence-electron chi connectivity index (χ4n) is 2.92. The fraction of sp³-hybridized carbons (Fsp3) is 0.130. The Morgan fingerprint density at radius 1 is 1.03 bits per heavy atom. The summed E-state index contributed by atoms with van der Waals surface area (Å²) in [6.07, 6.45) is -0.719. The molecule has 0 aliphatic rings. The normalized spacial score (nSPS) is 10.3. The number of aryl methyl sites for hydroxylation is 1.